The van der Waals surface area contributed by atoms with E-state index in [-0.39, 0.29) is 17.1 Å². The van der Waals surface area contributed by atoms with Crippen molar-refractivity contribution in [2.24, 2.45) is 11.1 Å². The maximum absolute atomic E-state index is 6.74. The van der Waals surface area contributed by atoms with Gasteiger partial charge in [-0.2, -0.15) is 0 Å². The standard InChI is InChI=1S/C18H30N2O/c1-6-20(15-11-9-8-10-14(15)3)13-18(19)12-16(21-7-2)17(18,4)5/h8-11,16H,6-7,12-13,19H2,1-5H3. The van der Waals surface area contributed by atoms with Crippen LogP contribution in [-0.2, 0) is 4.74 Å². The Labute approximate surface area is 129 Å². The molecule has 2 atom stereocenters. The summed E-state index contributed by atoms with van der Waals surface area (Å²) in [6.07, 6.45) is 1.22. The molecule has 21 heavy (non-hydrogen) atoms. The van der Waals surface area contributed by atoms with Crippen LogP contribution in [0.1, 0.15) is 39.7 Å². The van der Waals surface area contributed by atoms with Crippen molar-refractivity contribution < 1.29 is 4.74 Å². The Morgan fingerprint density at radius 1 is 1.29 bits per heavy atom. The fourth-order valence-corrected chi connectivity index (χ4v) is 3.40. The molecule has 2 rings (SSSR count). The average Bonchev–Trinajstić information content (AvgIpc) is 2.45. The summed E-state index contributed by atoms with van der Waals surface area (Å²) in [5.74, 6) is 0. The molecular formula is C18H30N2O. The lowest BCUT2D eigenvalue weighted by molar-refractivity contribution is -0.146. The first-order valence-corrected chi connectivity index (χ1v) is 8.06. The van der Waals surface area contributed by atoms with E-state index in [2.05, 4.69) is 63.8 Å². The van der Waals surface area contributed by atoms with Gasteiger partial charge in [-0.1, -0.05) is 32.0 Å². The van der Waals surface area contributed by atoms with Crippen molar-refractivity contribution in [1.82, 2.24) is 0 Å². The van der Waals surface area contributed by atoms with Crippen LogP contribution in [0.2, 0.25) is 0 Å². The Kier molecular flexibility index (Phi) is 4.64. The van der Waals surface area contributed by atoms with Gasteiger partial charge in [-0.25, -0.2) is 0 Å². The Bertz CT molecular complexity index is 486. The zero-order valence-electron chi connectivity index (χ0n) is 14.1. The van der Waals surface area contributed by atoms with Crippen molar-refractivity contribution >= 4 is 5.69 Å². The quantitative estimate of drug-likeness (QED) is 0.873. The zero-order valence-corrected chi connectivity index (χ0v) is 14.1. The van der Waals surface area contributed by atoms with Crippen LogP contribution in [0.5, 0.6) is 0 Å². The minimum atomic E-state index is -0.189. The molecular weight excluding hydrogens is 260 g/mol. The topological polar surface area (TPSA) is 38.5 Å². The molecule has 1 fully saturated rings. The first-order valence-electron chi connectivity index (χ1n) is 8.06. The van der Waals surface area contributed by atoms with Crippen LogP contribution in [0, 0.1) is 12.3 Å². The molecule has 1 aliphatic carbocycles. The van der Waals surface area contributed by atoms with E-state index in [0.29, 0.717) is 0 Å². The Balaban J connectivity index is 2.15. The zero-order chi connectivity index (χ0) is 15.7. The highest BCUT2D eigenvalue weighted by Gasteiger charge is 2.58. The van der Waals surface area contributed by atoms with E-state index >= 15 is 0 Å². The lowest BCUT2D eigenvalue weighted by atomic mass is 9.54. The summed E-state index contributed by atoms with van der Waals surface area (Å²) in [5.41, 5.74) is 9.17. The summed E-state index contributed by atoms with van der Waals surface area (Å²) in [4.78, 5) is 2.40. The fraction of sp³-hybridized carbons (Fsp3) is 0.667. The Morgan fingerprint density at radius 2 is 1.95 bits per heavy atom. The number of benzene rings is 1. The Hall–Kier alpha value is -1.06. The highest BCUT2D eigenvalue weighted by Crippen LogP contribution is 2.50. The number of anilines is 1. The number of nitrogens with zero attached hydrogens (tertiary/aromatic N) is 1. The van der Waals surface area contributed by atoms with E-state index < -0.39 is 0 Å². The molecule has 3 nitrogen and oxygen atoms in total. The largest absolute Gasteiger partial charge is 0.378 e. The number of para-hydroxylation sites is 1. The second kappa shape index (κ2) is 5.98. The molecule has 118 valence electrons. The molecule has 0 aromatic heterocycles. The van der Waals surface area contributed by atoms with Gasteiger partial charge in [0.1, 0.15) is 0 Å². The molecule has 1 saturated carbocycles. The number of nitrogens with two attached hydrogens (primary N) is 1. The van der Waals surface area contributed by atoms with Gasteiger partial charge in [0.25, 0.3) is 0 Å². The maximum Gasteiger partial charge on any atom is 0.0662 e. The molecule has 2 N–H and O–H groups in total. The maximum atomic E-state index is 6.74. The summed E-state index contributed by atoms with van der Waals surface area (Å²) in [7, 11) is 0. The second-order valence-corrected chi connectivity index (χ2v) is 6.83. The van der Waals surface area contributed by atoms with E-state index in [1.165, 1.54) is 11.3 Å². The van der Waals surface area contributed by atoms with Gasteiger partial charge in [-0.15, -0.1) is 0 Å². The monoisotopic (exact) mass is 290 g/mol. The fourth-order valence-electron chi connectivity index (χ4n) is 3.40. The summed E-state index contributed by atoms with van der Waals surface area (Å²) in [6, 6.07) is 8.54. The molecule has 0 amide bonds. The molecule has 1 aromatic rings. The summed E-state index contributed by atoms with van der Waals surface area (Å²) >= 11 is 0. The molecule has 0 spiro atoms. The van der Waals surface area contributed by atoms with Crippen LogP contribution in [-0.4, -0.2) is 31.3 Å². The number of hydrogen-bond acceptors (Lipinski definition) is 3. The number of hydrogen-bond donors (Lipinski definition) is 1. The highest BCUT2D eigenvalue weighted by atomic mass is 16.5. The molecule has 1 aromatic carbocycles. The third-order valence-corrected chi connectivity index (χ3v) is 5.32. The highest BCUT2D eigenvalue weighted by molar-refractivity contribution is 5.53. The Morgan fingerprint density at radius 3 is 2.48 bits per heavy atom. The summed E-state index contributed by atoms with van der Waals surface area (Å²) < 4.78 is 5.83. The summed E-state index contributed by atoms with van der Waals surface area (Å²) in [5, 5.41) is 0. The lowest BCUT2D eigenvalue weighted by Gasteiger charge is -2.60. The molecule has 3 heteroatoms. The third kappa shape index (κ3) is 2.82. The molecule has 1 aliphatic rings. The van der Waals surface area contributed by atoms with Gasteiger partial charge in [-0.3, -0.25) is 0 Å². The smallest absolute Gasteiger partial charge is 0.0662 e. The number of ether oxygens (including phenoxy) is 1. The minimum Gasteiger partial charge on any atom is -0.378 e. The number of aryl methyl sites for hydroxylation is 1. The van der Waals surface area contributed by atoms with E-state index in [1.807, 2.05) is 0 Å². The predicted molar refractivity (Wildman–Crippen MR) is 89.8 cm³/mol. The van der Waals surface area contributed by atoms with Crippen molar-refractivity contribution in [3.63, 3.8) is 0 Å². The summed E-state index contributed by atoms with van der Waals surface area (Å²) in [6.45, 7) is 13.5. The van der Waals surface area contributed by atoms with Crippen LogP contribution in [0.25, 0.3) is 0 Å². The number of likely N-dealkylation sites (N-methyl/N-ethyl adjacent to an activating group) is 1. The van der Waals surface area contributed by atoms with Crippen molar-refractivity contribution in [2.75, 3.05) is 24.6 Å². The lowest BCUT2D eigenvalue weighted by Crippen LogP contribution is -2.73. The van der Waals surface area contributed by atoms with Gasteiger partial charge in [-0.05, 0) is 38.8 Å². The molecule has 0 saturated heterocycles. The van der Waals surface area contributed by atoms with Crippen molar-refractivity contribution in [3.05, 3.63) is 29.8 Å². The first kappa shape index (κ1) is 16.3. The van der Waals surface area contributed by atoms with Crippen LogP contribution in [0.4, 0.5) is 5.69 Å². The van der Waals surface area contributed by atoms with Crippen molar-refractivity contribution in [2.45, 2.75) is 52.7 Å². The van der Waals surface area contributed by atoms with Crippen LogP contribution in [0.3, 0.4) is 0 Å². The average molecular weight is 290 g/mol. The predicted octanol–water partition coefficient (Wildman–Crippen LogP) is 3.35. The molecule has 0 heterocycles. The van der Waals surface area contributed by atoms with Gasteiger partial charge in [0, 0.05) is 36.3 Å². The van der Waals surface area contributed by atoms with Gasteiger partial charge in [0.2, 0.25) is 0 Å². The van der Waals surface area contributed by atoms with E-state index in [4.69, 9.17) is 10.5 Å². The van der Waals surface area contributed by atoms with Gasteiger partial charge in [0.05, 0.1) is 6.10 Å². The van der Waals surface area contributed by atoms with Crippen LogP contribution < -0.4 is 10.6 Å². The molecule has 0 aliphatic heterocycles. The van der Waals surface area contributed by atoms with Gasteiger partial charge < -0.3 is 15.4 Å². The van der Waals surface area contributed by atoms with E-state index in [1.54, 1.807) is 0 Å². The molecule has 2 unspecified atom stereocenters. The van der Waals surface area contributed by atoms with E-state index in [0.717, 1.165) is 26.1 Å². The third-order valence-electron chi connectivity index (χ3n) is 5.32. The molecule has 0 radical (unpaired) electrons. The SMILES string of the molecule is CCOC1CC(N)(CN(CC)c2ccccc2C)C1(C)C. The van der Waals surface area contributed by atoms with Gasteiger partial charge in [0.15, 0.2) is 0 Å². The minimum absolute atomic E-state index is 0.0130. The van der Waals surface area contributed by atoms with Crippen molar-refractivity contribution in [3.8, 4) is 0 Å². The second-order valence-electron chi connectivity index (χ2n) is 6.83. The normalized spacial score (nSPS) is 27.2. The van der Waals surface area contributed by atoms with Gasteiger partial charge >= 0.3 is 0 Å². The van der Waals surface area contributed by atoms with Crippen molar-refractivity contribution in [1.29, 1.82) is 0 Å². The van der Waals surface area contributed by atoms with Crippen LogP contribution >= 0.6 is 0 Å². The van der Waals surface area contributed by atoms with E-state index in [9.17, 15) is 0 Å². The van der Waals surface area contributed by atoms with Crippen LogP contribution in [0.15, 0.2) is 24.3 Å². The number of rotatable bonds is 6. The molecule has 0 bridgehead atoms. The first-order chi connectivity index (χ1) is 9.85.